The number of hydrogen-bond acceptors (Lipinski definition) is 7. The van der Waals surface area contributed by atoms with Crippen molar-refractivity contribution >= 4 is 17.9 Å². The Morgan fingerprint density at radius 1 is 0.462 bits per heavy atom. The Kier molecular flexibility index (Phi) is 45.3. The lowest BCUT2D eigenvalue weighted by Crippen LogP contribution is -2.40. The van der Waals surface area contributed by atoms with Crippen LogP contribution in [0.1, 0.15) is 219 Å². The van der Waals surface area contributed by atoms with E-state index < -0.39 is 24.3 Å². The highest BCUT2D eigenvalue weighted by Crippen LogP contribution is 2.14. The third-order valence-corrected chi connectivity index (χ3v) is 11.2. The Morgan fingerprint density at radius 3 is 1.26 bits per heavy atom. The number of carboxylic acids is 1. The highest BCUT2D eigenvalue weighted by Gasteiger charge is 2.25. The van der Waals surface area contributed by atoms with E-state index in [9.17, 15) is 19.5 Å². The average Bonchev–Trinajstić information content (AvgIpc) is 3.27. The van der Waals surface area contributed by atoms with Gasteiger partial charge in [-0.15, -0.1) is 0 Å². The molecule has 0 spiro atoms. The lowest BCUT2D eigenvalue weighted by Gasteiger charge is -2.25. The standard InChI is InChI=1S/C56H99NO8/c1-6-8-10-12-14-16-18-20-22-24-25-26-27-28-29-31-33-35-37-39-41-43-45-47-54(59)65-52(51-64-56(55(60)61)62-49-48-57(3,4)5)50-63-53(58)46-44-42-40-38-36-34-32-30-23-21-19-17-15-13-11-9-7-2/h15,17-18,20-21,23-25,27-28,52,56H,6-14,16,19,22,26,29-51H2,1-5H3/p+1/b17-15-,20-18-,23-21-,25-24-,28-27-. The zero-order chi connectivity index (χ0) is 47.7. The molecule has 2 unspecified atom stereocenters. The van der Waals surface area contributed by atoms with Crippen LogP contribution in [0.5, 0.6) is 0 Å². The Hall–Kier alpha value is -3.01. The first kappa shape index (κ1) is 62.0. The van der Waals surface area contributed by atoms with E-state index in [2.05, 4.69) is 74.6 Å². The van der Waals surface area contributed by atoms with Crippen LogP contribution >= 0.6 is 0 Å². The van der Waals surface area contributed by atoms with Gasteiger partial charge in [-0.05, 0) is 83.5 Å². The van der Waals surface area contributed by atoms with Crippen LogP contribution in [0.15, 0.2) is 60.8 Å². The number of carbonyl (C=O) groups is 3. The first-order chi connectivity index (χ1) is 31.6. The molecule has 9 nitrogen and oxygen atoms in total. The van der Waals surface area contributed by atoms with Crippen molar-refractivity contribution < 1.29 is 42.9 Å². The quantitative estimate of drug-likeness (QED) is 0.0211. The molecule has 0 bridgehead atoms. The molecule has 65 heavy (non-hydrogen) atoms. The molecule has 0 aromatic carbocycles. The largest absolute Gasteiger partial charge is 0.477 e. The van der Waals surface area contributed by atoms with Crippen molar-refractivity contribution in [2.45, 2.75) is 232 Å². The van der Waals surface area contributed by atoms with Gasteiger partial charge < -0.3 is 28.5 Å². The number of unbranched alkanes of at least 4 members (excludes halogenated alkanes) is 23. The molecule has 0 fully saturated rings. The number of allylic oxidation sites excluding steroid dienone is 10. The van der Waals surface area contributed by atoms with E-state index in [-0.39, 0.29) is 38.6 Å². The normalized spacial score (nSPS) is 13.3. The summed E-state index contributed by atoms with van der Waals surface area (Å²) in [4.78, 5) is 37.3. The number of esters is 2. The SMILES string of the molecule is CCCCC/C=C\C/C=C\CCCCCCCCCC(=O)OCC(COC(OCC[N+](C)(C)C)C(=O)O)OC(=O)CCCCCCCCCC/C=C\C/C=C\C/C=C\CCCCCCC. The zero-order valence-corrected chi connectivity index (χ0v) is 42.6. The van der Waals surface area contributed by atoms with Gasteiger partial charge in [-0.3, -0.25) is 9.59 Å². The van der Waals surface area contributed by atoms with Crippen LogP contribution in [0.2, 0.25) is 0 Å². The van der Waals surface area contributed by atoms with Gasteiger partial charge in [0.2, 0.25) is 0 Å². The molecule has 0 saturated heterocycles. The van der Waals surface area contributed by atoms with E-state index >= 15 is 0 Å². The summed E-state index contributed by atoms with van der Waals surface area (Å²) >= 11 is 0. The first-order valence-corrected chi connectivity index (χ1v) is 26.5. The number of rotatable bonds is 48. The Morgan fingerprint density at radius 2 is 0.831 bits per heavy atom. The summed E-state index contributed by atoms with van der Waals surface area (Å²) in [5.74, 6) is -2.03. The van der Waals surface area contributed by atoms with Gasteiger partial charge in [0, 0.05) is 12.8 Å². The number of ether oxygens (including phenoxy) is 4. The summed E-state index contributed by atoms with van der Waals surface area (Å²) in [6.07, 6.45) is 55.6. The predicted molar refractivity (Wildman–Crippen MR) is 272 cm³/mol. The molecule has 0 aliphatic carbocycles. The first-order valence-electron chi connectivity index (χ1n) is 26.5. The minimum atomic E-state index is -1.52. The number of carbonyl (C=O) groups excluding carboxylic acids is 2. The maximum atomic E-state index is 12.8. The van der Waals surface area contributed by atoms with E-state index in [1.165, 1.54) is 109 Å². The minimum Gasteiger partial charge on any atom is -0.477 e. The Labute approximate surface area is 399 Å². The van der Waals surface area contributed by atoms with Crippen LogP contribution in [0, 0.1) is 0 Å². The maximum Gasteiger partial charge on any atom is 0.361 e. The van der Waals surface area contributed by atoms with Crippen molar-refractivity contribution in [3.63, 3.8) is 0 Å². The molecule has 0 aromatic heterocycles. The number of quaternary nitrogens is 1. The Bertz CT molecular complexity index is 1250. The summed E-state index contributed by atoms with van der Waals surface area (Å²) in [6, 6.07) is 0. The van der Waals surface area contributed by atoms with Crippen LogP contribution in [0.3, 0.4) is 0 Å². The van der Waals surface area contributed by atoms with Gasteiger partial charge in [-0.2, -0.15) is 0 Å². The highest BCUT2D eigenvalue weighted by atomic mass is 16.7. The second-order valence-electron chi connectivity index (χ2n) is 18.8. The van der Waals surface area contributed by atoms with Gasteiger partial charge in [0.15, 0.2) is 6.10 Å². The molecule has 376 valence electrons. The van der Waals surface area contributed by atoms with E-state index in [4.69, 9.17) is 18.9 Å². The van der Waals surface area contributed by atoms with Crippen LogP contribution in [-0.4, -0.2) is 87.4 Å². The summed E-state index contributed by atoms with van der Waals surface area (Å²) in [6.45, 7) is 4.82. The van der Waals surface area contributed by atoms with E-state index in [0.29, 0.717) is 17.4 Å². The topological polar surface area (TPSA) is 108 Å². The fourth-order valence-electron chi connectivity index (χ4n) is 7.11. The van der Waals surface area contributed by atoms with Gasteiger partial charge >= 0.3 is 17.9 Å². The number of likely N-dealkylation sites (N-methyl/N-ethyl adjacent to an activating group) is 1. The molecule has 0 rings (SSSR count). The third kappa shape index (κ3) is 48.7. The molecular formula is C56H100NO8+. The van der Waals surface area contributed by atoms with Gasteiger partial charge in [0.25, 0.3) is 6.29 Å². The van der Waals surface area contributed by atoms with Crippen LogP contribution in [-0.2, 0) is 33.3 Å². The lowest BCUT2D eigenvalue weighted by atomic mass is 10.1. The molecule has 0 aliphatic heterocycles. The van der Waals surface area contributed by atoms with Gasteiger partial charge in [0.1, 0.15) is 13.2 Å². The monoisotopic (exact) mass is 915 g/mol. The number of aliphatic carboxylic acids is 1. The molecule has 0 saturated carbocycles. The zero-order valence-electron chi connectivity index (χ0n) is 42.6. The summed E-state index contributed by atoms with van der Waals surface area (Å²) in [5.41, 5.74) is 0. The van der Waals surface area contributed by atoms with E-state index in [1.54, 1.807) is 0 Å². The smallest absolute Gasteiger partial charge is 0.361 e. The van der Waals surface area contributed by atoms with Crippen LogP contribution in [0.25, 0.3) is 0 Å². The number of carboxylic acid groups (broad SMARTS) is 1. The summed E-state index contributed by atoms with van der Waals surface area (Å²) < 4.78 is 22.8. The second-order valence-corrected chi connectivity index (χ2v) is 18.8. The average molecular weight is 915 g/mol. The molecule has 0 heterocycles. The van der Waals surface area contributed by atoms with Crippen molar-refractivity contribution in [1.82, 2.24) is 0 Å². The molecular weight excluding hydrogens is 815 g/mol. The van der Waals surface area contributed by atoms with Crippen molar-refractivity contribution in [3.05, 3.63) is 60.8 Å². The van der Waals surface area contributed by atoms with Gasteiger partial charge in [-0.25, -0.2) is 4.79 Å². The molecule has 9 heteroatoms. The van der Waals surface area contributed by atoms with Crippen molar-refractivity contribution in [2.75, 3.05) is 47.5 Å². The molecule has 0 aromatic rings. The predicted octanol–water partition coefficient (Wildman–Crippen LogP) is 14.9. The van der Waals surface area contributed by atoms with Crippen LogP contribution < -0.4 is 0 Å². The molecule has 2 atom stereocenters. The van der Waals surface area contributed by atoms with Crippen molar-refractivity contribution in [1.29, 1.82) is 0 Å². The summed E-state index contributed by atoms with van der Waals surface area (Å²) in [7, 11) is 5.95. The third-order valence-electron chi connectivity index (χ3n) is 11.2. The van der Waals surface area contributed by atoms with Crippen molar-refractivity contribution in [3.8, 4) is 0 Å². The molecule has 1 N–H and O–H groups in total. The van der Waals surface area contributed by atoms with Gasteiger partial charge in [0.05, 0.1) is 34.4 Å². The Balaban J connectivity index is 4.35. The molecule has 0 radical (unpaired) electrons. The van der Waals surface area contributed by atoms with E-state index in [0.717, 1.165) is 77.0 Å². The number of hydrogen-bond donors (Lipinski definition) is 1. The highest BCUT2D eigenvalue weighted by molar-refractivity contribution is 5.71. The van der Waals surface area contributed by atoms with Gasteiger partial charge in [-0.1, -0.05) is 184 Å². The van der Waals surface area contributed by atoms with Crippen molar-refractivity contribution in [2.24, 2.45) is 0 Å². The molecule has 0 aliphatic rings. The minimum absolute atomic E-state index is 0.182. The second kappa shape index (κ2) is 47.5. The fraction of sp³-hybridized carbons (Fsp3) is 0.768. The van der Waals surface area contributed by atoms with E-state index in [1.807, 2.05) is 21.1 Å². The number of nitrogens with zero attached hydrogens (tertiary/aromatic N) is 1. The lowest BCUT2D eigenvalue weighted by molar-refractivity contribution is -0.870. The summed E-state index contributed by atoms with van der Waals surface area (Å²) in [5, 5.41) is 9.68. The van der Waals surface area contributed by atoms with Crippen LogP contribution in [0.4, 0.5) is 0 Å². The fourth-order valence-corrected chi connectivity index (χ4v) is 7.11. The maximum absolute atomic E-state index is 12.8. The molecule has 0 amide bonds.